The number of hydrogen-bond donors (Lipinski definition) is 1. The summed E-state index contributed by atoms with van der Waals surface area (Å²) in [5, 5.41) is 11.0. The maximum Gasteiger partial charge on any atom is 0.401 e. The van der Waals surface area contributed by atoms with Gasteiger partial charge in [-0.05, 0) is 17.7 Å². The highest BCUT2D eigenvalue weighted by molar-refractivity contribution is 5.46. The van der Waals surface area contributed by atoms with Crippen LogP contribution in [-0.4, -0.2) is 19.5 Å². The number of fused-ring (bicyclic) bond motifs is 1. The number of nitriles is 1. The second kappa shape index (κ2) is 4.74. The molecule has 1 heterocycles. The van der Waals surface area contributed by atoms with Crippen molar-refractivity contribution in [1.82, 2.24) is 5.32 Å². The summed E-state index contributed by atoms with van der Waals surface area (Å²) < 4.78 is 46.4. The first-order valence-corrected chi connectivity index (χ1v) is 5.09. The minimum atomic E-state index is -4.36. The summed E-state index contributed by atoms with van der Waals surface area (Å²) >= 11 is 0. The SMILES string of the molecule is N#CC(NCC(F)(F)F)c1ccc2c(c1)OCO2. The Bertz CT molecular complexity index is 482. The van der Waals surface area contributed by atoms with Crippen LogP contribution in [0.1, 0.15) is 11.6 Å². The van der Waals surface area contributed by atoms with Crippen molar-refractivity contribution in [3.63, 3.8) is 0 Å². The molecule has 0 bridgehead atoms. The third kappa shape index (κ3) is 2.84. The summed E-state index contributed by atoms with van der Waals surface area (Å²) in [6.07, 6.45) is -4.36. The molecular weight excluding hydrogens is 249 g/mol. The molecule has 0 spiro atoms. The fourth-order valence-electron chi connectivity index (χ4n) is 1.55. The van der Waals surface area contributed by atoms with Gasteiger partial charge in [-0.25, -0.2) is 0 Å². The zero-order valence-electron chi connectivity index (χ0n) is 9.12. The average Bonchev–Trinajstić information content (AvgIpc) is 2.75. The van der Waals surface area contributed by atoms with Gasteiger partial charge in [-0.3, -0.25) is 5.32 Å². The molecule has 1 atom stereocenters. The van der Waals surface area contributed by atoms with Crippen molar-refractivity contribution in [1.29, 1.82) is 5.26 Å². The first-order valence-electron chi connectivity index (χ1n) is 5.09. The summed E-state index contributed by atoms with van der Waals surface area (Å²) in [5.74, 6) is 0.952. The van der Waals surface area contributed by atoms with Gasteiger partial charge in [-0.1, -0.05) is 6.07 Å². The first-order chi connectivity index (χ1) is 8.49. The molecule has 1 aliphatic rings. The van der Waals surface area contributed by atoms with Gasteiger partial charge in [0.15, 0.2) is 11.5 Å². The van der Waals surface area contributed by atoms with Gasteiger partial charge in [0.25, 0.3) is 0 Å². The fraction of sp³-hybridized carbons (Fsp3) is 0.364. The van der Waals surface area contributed by atoms with Crippen molar-refractivity contribution in [2.24, 2.45) is 0 Å². The molecule has 0 saturated heterocycles. The lowest BCUT2D eigenvalue weighted by Gasteiger charge is -2.14. The van der Waals surface area contributed by atoms with Gasteiger partial charge in [0.05, 0.1) is 12.6 Å². The standard InChI is InChI=1S/C11H9F3N2O2/c12-11(13,14)5-16-8(4-15)7-1-2-9-10(3-7)18-6-17-9/h1-3,8,16H,5-6H2. The maximum absolute atomic E-state index is 12.1. The minimum Gasteiger partial charge on any atom is -0.454 e. The molecule has 0 saturated carbocycles. The number of halogens is 3. The van der Waals surface area contributed by atoms with E-state index in [-0.39, 0.29) is 6.79 Å². The van der Waals surface area contributed by atoms with Crippen molar-refractivity contribution >= 4 is 0 Å². The Kier molecular flexibility index (Phi) is 3.30. The Balaban J connectivity index is 2.11. The van der Waals surface area contributed by atoms with E-state index in [0.717, 1.165) is 0 Å². The van der Waals surface area contributed by atoms with Gasteiger partial charge in [0.1, 0.15) is 6.04 Å². The third-order valence-corrected chi connectivity index (χ3v) is 2.37. The van der Waals surface area contributed by atoms with E-state index in [1.54, 1.807) is 12.1 Å². The molecular formula is C11H9F3N2O2. The molecule has 1 aromatic rings. The fourth-order valence-corrected chi connectivity index (χ4v) is 1.55. The number of nitrogens with one attached hydrogen (secondary N) is 1. The van der Waals surface area contributed by atoms with Crippen molar-refractivity contribution < 1.29 is 22.6 Å². The average molecular weight is 258 g/mol. The number of alkyl halides is 3. The van der Waals surface area contributed by atoms with Crippen LogP contribution in [0, 0.1) is 11.3 Å². The van der Waals surface area contributed by atoms with Crippen molar-refractivity contribution in [3.05, 3.63) is 23.8 Å². The van der Waals surface area contributed by atoms with Crippen LogP contribution in [0.5, 0.6) is 11.5 Å². The molecule has 18 heavy (non-hydrogen) atoms. The highest BCUT2D eigenvalue weighted by Gasteiger charge is 2.28. The van der Waals surface area contributed by atoms with Crippen LogP contribution in [0.15, 0.2) is 18.2 Å². The van der Waals surface area contributed by atoms with Gasteiger partial charge < -0.3 is 9.47 Å². The van der Waals surface area contributed by atoms with E-state index in [4.69, 9.17) is 14.7 Å². The lowest BCUT2D eigenvalue weighted by molar-refractivity contribution is -0.125. The quantitative estimate of drug-likeness (QED) is 0.902. The Labute approximate surface area is 101 Å². The van der Waals surface area contributed by atoms with E-state index in [1.165, 1.54) is 12.1 Å². The lowest BCUT2D eigenvalue weighted by Crippen LogP contribution is -2.31. The van der Waals surface area contributed by atoms with Gasteiger partial charge >= 0.3 is 6.18 Å². The van der Waals surface area contributed by atoms with E-state index in [0.29, 0.717) is 17.1 Å². The number of benzene rings is 1. The normalized spacial score (nSPS) is 15.2. The molecule has 0 aromatic heterocycles. The predicted octanol–water partition coefficient (Wildman–Crippen LogP) is 2.13. The first kappa shape index (κ1) is 12.5. The molecule has 7 heteroatoms. The van der Waals surface area contributed by atoms with E-state index in [2.05, 4.69) is 5.32 Å². The number of nitrogens with zero attached hydrogens (tertiary/aromatic N) is 1. The summed E-state index contributed by atoms with van der Waals surface area (Å²) in [4.78, 5) is 0. The largest absolute Gasteiger partial charge is 0.454 e. The molecule has 1 unspecified atom stereocenters. The van der Waals surface area contributed by atoms with E-state index >= 15 is 0 Å². The third-order valence-electron chi connectivity index (χ3n) is 2.37. The van der Waals surface area contributed by atoms with E-state index in [1.807, 2.05) is 0 Å². The zero-order chi connectivity index (χ0) is 13.2. The number of hydrogen-bond acceptors (Lipinski definition) is 4. The highest BCUT2D eigenvalue weighted by atomic mass is 19.4. The molecule has 0 amide bonds. The molecule has 96 valence electrons. The second-order valence-electron chi connectivity index (χ2n) is 3.67. The summed E-state index contributed by atoms with van der Waals surface area (Å²) in [7, 11) is 0. The summed E-state index contributed by atoms with van der Waals surface area (Å²) in [6.45, 7) is -1.15. The molecule has 0 aliphatic carbocycles. The number of rotatable bonds is 3. The molecule has 0 fully saturated rings. The molecule has 1 aromatic carbocycles. The minimum absolute atomic E-state index is 0.0754. The maximum atomic E-state index is 12.1. The smallest absolute Gasteiger partial charge is 0.401 e. The van der Waals surface area contributed by atoms with Crippen molar-refractivity contribution in [2.75, 3.05) is 13.3 Å². The van der Waals surface area contributed by atoms with Gasteiger partial charge in [0, 0.05) is 0 Å². The van der Waals surface area contributed by atoms with Gasteiger partial charge in [-0.2, -0.15) is 18.4 Å². The van der Waals surface area contributed by atoms with E-state index in [9.17, 15) is 13.2 Å². The van der Waals surface area contributed by atoms with Crippen LogP contribution in [-0.2, 0) is 0 Å². The van der Waals surface area contributed by atoms with E-state index < -0.39 is 18.8 Å². The van der Waals surface area contributed by atoms with Crippen molar-refractivity contribution in [2.45, 2.75) is 12.2 Å². The molecule has 0 radical (unpaired) electrons. The monoisotopic (exact) mass is 258 g/mol. The second-order valence-corrected chi connectivity index (χ2v) is 3.67. The Morgan fingerprint density at radius 1 is 1.33 bits per heavy atom. The summed E-state index contributed by atoms with van der Waals surface area (Å²) in [6, 6.07) is 5.33. The van der Waals surface area contributed by atoms with Crippen LogP contribution >= 0.6 is 0 Å². The number of ether oxygens (including phenoxy) is 2. The van der Waals surface area contributed by atoms with Crippen LogP contribution < -0.4 is 14.8 Å². The van der Waals surface area contributed by atoms with Gasteiger partial charge in [-0.15, -0.1) is 0 Å². The highest BCUT2D eigenvalue weighted by Crippen LogP contribution is 2.34. The Morgan fingerprint density at radius 2 is 2.06 bits per heavy atom. The summed E-state index contributed by atoms with van der Waals surface area (Å²) in [5.41, 5.74) is 0.408. The zero-order valence-corrected chi connectivity index (χ0v) is 9.12. The molecule has 1 aliphatic heterocycles. The topological polar surface area (TPSA) is 54.3 Å². The predicted molar refractivity (Wildman–Crippen MR) is 55.0 cm³/mol. The lowest BCUT2D eigenvalue weighted by atomic mass is 10.1. The molecule has 2 rings (SSSR count). The van der Waals surface area contributed by atoms with Gasteiger partial charge in [0.2, 0.25) is 6.79 Å². The Morgan fingerprint density at radius 3 is 2.72 bits per heavy atom. The van der Waals surface area contributed by atoms with Crippen LogP contribution in [0.2, 0.25) is 0 Å². The van der Waals surface area contributed by atoms with Crippen molar-refractivity contribution in [3.8, 4) is 17.6 Å². The molecule has 1 N–H and O–H groups in total. The van der Waals surface area contributed by atoms with Crippen LogP contribution in [0.25, 0.3) is 0 Å². The van der Waals surface area contributed by atoms with Crippen LogP contribution in [0.3, 0.4) is 0 Å². The molecule has 4 nitrogen and oxygen atoms in total. The van der Waals surface area contributed by atoms with Crippen LogP contribution in [0.4, 0.5) is 13.2 Å². The Hall–Kier alpha value is -1.94.